The van der Waals surface area contributed by atoms with Gasteiger partial charge >= 0.3 is 0 Å². The number of ether oxygens (including phenoxy) is 2. The number of H-pyrrole nitrogens is 1. The number of benzene rings is 2. The molecule has 0 saturated heterocycles. The standard InChI is InChI=1S/C19H22N2O2/c1-13(2)19(23-4,18-11-20-12-21-18)16-7-5-15-10-17(22-3)8-6-14(15)9-16/h5-13H,1-4H3,(H,20,21). The number of aromatic amines is 1. The Hall–Kier alpha value is -2.33. The van der Waals surface area contributed by atoms with Gasteiger partial charge in [-0.15, -0.1) is 0 Å². The van der Waals surface area contributed by atoms with Gasteiger partial charge in [0.15, 0.2) is 0 Å². The first kappa shape index (κ1) is 15.6. The van der Waals surface area contributed by atoms with Crippen molar-refractivity contribution < 1.29 is 9.47 Å². The highest BCUT2D eigenvalue weighted by molar-refractivity contribution is 5.84. The molecule has 1 aromatic heterocycles. The molecule has 0 aliphatic carbocycles. The molecule has 3 aromatic rings. The Morgan fingerprint density at radius 2 is 1.78 bits per heavy atom. The van der Waals surface area contributed by atoms with Gasteiger partial charge in [0.25, 0.3) is 0 Å². The molecular weight excluding hydrogens is 288 g/mol. The van der Waals surface area contributed by atoms with Crippen LogP contribution in [0.3, 0.4) is 0 Å². The van der Waals surface area contributed by atoms with Gasteiger partial charge in [0.05, 0.1) is 19.1 Å². The van der Waals surface area contributed by atoms with Crippen LogP contribution < -0.4 is 4.74 Å². The van der Waals surface area contributed by atoms with E-state index in [0.717, 1.165) is 27.8 Å². The number of methoxy groups -OCH3 is 2. The average Bonchev–Trinajstić information content (AvgIpc) is 3.10. The van der Waals surface area contributed by atoms with Crippen molar-refractivity contribution in [3.05, 3.63) is 60.2 Å². The van der Waals surface area contributed by atoms with Crippen molar-refractivity contribution >= 4 is 10.8 Å². The molecule has 4 nitrogen and oxygen atoms in total. The lowest BCUT2D eigenvalue weighted by Crippen LogP contribution is -2.36. The summed E-state index contributed by atoms with van der Waals surface area (Å²) in [4.78, 5) is 7.50. The van der Waals surface area contributed by atoms with E-state index in [-0.39, 0.29) is 5.92 Å². The van der Waals surface area contributed by atoms with E-state index in [1.54, 1.807) is 20.5 Å². The minimum absolute atomic E-state index is 0.228. The number of nitrogens with one attached hydrogen (secondary N) is 1. The van der Waals surface area contributed by atoms with Gasteiger partial charge in [-0.2, -0.15) is 0 Å². The first-order chi connectivity index (χ1) is 11.1. The van der Waals surface area contributed by atoms with Crippen LogP contribution in [0.4, 0.5) is 0 Å². The number of hydrogen-bond donors (Lipinski definition) is 1. The molecule has 0 amide bonds. The highest BCUT2D eigenvalue weighted by Gasteiger charge is 2.39. The summed E-state index contributed by atoms with van der Waals surface area (Å²) < 4.78 is 11.3. The third-order valence-electron chi connectivity index (χ3n) is 4.49. The maximum atomic E-state index is 6.02. The molecule has 4 heteroatoms. The maximum absolute atomic E-state index is 6.02. The van der Waals surface area contributed by atoms with Gasteiger partial charge in [0, 0.05) is 13.3 Å². The molecule has 3 rings (SSSR count). The quantitative estimate of drug-likeness (QED) is 0.771. The van der Waals surface area contributed by atoms with Crippen molar-refractivity contribution in [3.8, 4) is 5.75 Å². The van der Waals surface area contributed by atoms with E-state index in [1.807, 2.05) is 18.3 Å². The van der Waals surface area contributed by atoms with Gasteiger partial charge in [-0.25, -0.2) is 4.98 Å². The van der Waals surface area contributed by atoms with Crippen molar-refractivity contribution in [1.29, 1.82) is 0 Å². The second-order valence-electron chi connectivity index (χ2n) is 5.98. The summed E-state index contributed by atoms with van der Waals surface area (Å²) in [6, 6.07) is 12.5. The number of hydrogen-bond acceptors (Lipinski definition) is 3. The Morgan fingerprint density at radius 3 is 2.39 bits per heavy atom. The zero-order valence-corrected chi connectivity index (χ0v) is 14.0. The van der Waals surface area contributed by atoms with E-state index >= 15 is 0 Å². The highest BCUT2D eigenvalue weighted by Crippen LogP contribution is 2.40. The Morgan fingerprint density at radius 1 is 1.04 bits per heavy atom. The zero-order chi connectivity index (χ0) is 16.4. The number of fused-ring (bicyclic) bond motifs is 1. The topological polar surface area (TPSA) is 47.1 Å². The molecule has 23 heavy (non-hydrogen) atoms. The number of nitrogens with zero attached hydrogens (tertiary/aromatic N) is 1. The van der Waals surface area contributed by atoms with Gasteiger partial charge < -0.3 is 14.5 Å². The van der Waals surface area contributed by atoms with E-state index in [1.165, 1.54) is 0 Å². The predicted molar refractivity (Wildman–Crippen MR) is 91.7 cm³/mol. The normalized spacial score (nSPS) is 14.1. The van der Waals surface area contributed by atoms with Gasteiger partial charge in [-0.05, 0) is 40.5 Å². The number of aromatic nitrogens is 2. The molecule has 0 spiro atoms. The van der Waals surface area contributed by atoms with Crippen LogP contribution in [0.5, 0.6) is 5.75 Å². The van der Waals surface area contributed by atoms with Gasteiger partial charge in [0.1, 0.15) is 11.4 Å². The van der Waals surface area contributed by atoms with Crippen molar-refractivity contribution in [2.45, 2.75) is 19.4 Å². The third-order valence-corrected chi connectivity index (χ3v) is 4.49. The lowest BCUT2D eigenvalue weighted by atomic mass is 9.80. The molecule has 1 atom stereocenters. The number of imidazole rings is 1. The molecule has 2 aromatic carbocycles. The van der Waals surface area contributed by atoms with Crippen LogP contribution in [-0.4, -0.2) is 24.2 Å². The summed E-state index contributed by atoms with van der Waals surface area (Å²) in [5.74, 6) is 1.09. The molecule has 120 valence electrons. The fourth-order valence-corrected chi connectivity index (χ4v) is 3.28. The van der Waals surface area contributed by atoms with Crippen molar-refractivity contribution in [1.82, 2.24) is 9.97 Å². The first-order valence-electron chi connectivity index (χ1n) is 7.74. The van der Waals surface area contributed by atoms with E-state index in [2.05, 4.69) is 48.1 Å². The van der Waals surface area contributed by atoms with Crippen LogP contribution >= 0.6 is 0 Å². The summed E-state index contributed by atoms with van der Waals surface area (Å²) in [7, 11) is 3.43. The lowest BCUT2D eigenvalue weighted by molar-refractivity contribution is -0.0204. The van der Waals surface area contributed by atoms with Gasteiger partial charge in [-0.3, -0.25) is 0 Å². The lowest BCUT2D eigenvalue weighted by Gasteiger charge is -2.35. The molecule has 0 bridgehead atoms. The van der Waals surface area contributed by atoms with Crippen LogP contribution in [0.15, 0.2) is 48.9 Å². The van der Waals surface area contributed by atoms with E-state index in [0.29, 0.717) is 0 Å². The van der Waals surface area contributed by atoms with Gasteiger partial charge in [0.2, 0.25) is 0 Å². The van der Waals surface area contributed by atoms with Crippen molar-refractivity contribution in [2.24, 2.45) is 5.92 Å². The molecule has 1 unspecified atom stereocenters. The second kappa shape index (κ2) is 6.05. The first-order valence-corrected chi connectivity index (χ1v) is 7.74. The Balaban J connectivity index is 2.19. The SMILES string of the molecule is COc1ccc2cc(C(OC)(c3c[nH]cn3)C(C)C)ccc2c1. The van der Waals surface area contributed by atoms with E-state index < -0.39 is 5.60 Å². The van der Waals surface area contributed by atoms with Crippen LogP contribution in [-0.2, 0) is 10.3 Å². The average molecular weight is 310 g/mol. The van der Waals surface area contributed by atoms with Crippen LogP contribution in [0, 0.1) is 5.92 Å². The second-order valence-corrected chi connectivity index (χ2v) is 5.98. The molecule has 0 fully saturated rings. The summed E-state index contributed by atoms with van der Waals surface area (Å²) in [5.41, 5.74) is 1.41. The van der Waals surface area contributed by atoms with Crippen molar-refractivity contribution in [2.75, 3.05) is 14.2 Å². The smallest absolute Gasteiger partial charge is 0.138 e. The van der Waals surface area contributed by atoms with E-state index in [9.17, 15) is 0 Å². The molecule has 0 aliphatic rings. The largest absolute Gasteiger partial charge is 0.497 e. The fourth-order valence-electron chi connectivity index (χ4n) is 3.28. The van der Waals surface area contributed by atoms with Gasteiger partial charge in [-0.1, -0.05) is 32.0 Å². The third kappa shape index (κ3) is 2.49. The molecule has 1 N–H and O–H groups in total. The summed E-state index contributed by atoms with van der Waals surface area (Å²) in [6.07, 6.45) is 3.60. The molecule has 0 saturated carbocycles. The summed E-state index contributed by atoms with van der Waals surface area (Å²) in [6.45, 7) is 4.30. The Labute approximate surface area is 136 Å². The minimum Gasteiger partial charge on any atom is -0.497 e. The fraction of sp³-hybridized carbons (Fsp3) is 0.316. The van der Waals surface area contributed by atoms with Crippen LogP contribution in [0.2, 0.25) is 0 Å². The van der Waals surface area contributed by atoms with E-state index in [4.69, 9.17) is 9.47 Å². The predicted octanol–water partition coefficient (Wildman–Crippen LogP) is 4.12. The van der Waals surface area contributed by atoms with Crippen LogP contribution in [0.1, 0.15) is 25.1 Å². The molecule has 1 heterocycles. The molecular formula is C19H22N2O2. The van der Waals surface area contributed by atoms with Crippen LogP contribution in [0.25, 0.3) is 10.8 Å². The number of rotatable bonds is 5. The highest BCUT2D eigenvalue weighted by atomic mass is 16.5. The Bertz CT molecular complexity index is 796. The zero-order valence-electron chi connectivity index (χ0n) is 14.0. The van der Waals surface area contributed by atoms with Crippen molar-refractivity contribution in [3.63, 3.8) is 0 Å². The summed E-state index contributed by atoms with van der Waals surface area (Å²) >= 11 is 0. The maximum Gasteiger partial charge on any atom is 0.138 e. The Kier molecular flexibility index (Phi) is 4.09. The summed E-state index contributed by atoms with van der Waals surface area (Å²) in [5, 5.41) is 2.30. The molecule has 0 radical (unpaired) electrons. The molecule has 0 aliphatic heterocycles. The minimum atomic E-state index is -0.575. The monoisotopic (exact) mass is 310 g/mol.